The van der Waals surface area contributed by atoms with Crippen LogP contribution in [-0.2, 0) is 44.2 Å². The quantitative estimate of drug-likeness (QED) is 0.258. The molecule has 0 radical (unpaired) electrons. The van der Waals surface area contributed by atoms with Gasteiger partial charge in [0.2, 0.25) is 5.60 Å². The lowest BCUT2D eigenvalue weighted by Gasteiger charge is -2.35. The number of aliphatic hydroxyl groups is 1. The third-order valence-corrected chi connectivity index (χ3v) is 9.74. The first-order valence-electron chi connectivity index (χ1n) is 13.1. The smallest absolute Gasteiger partial charge is 0.457 e. The monoisotopic (exact) mass is 569 g/mol. The van der Waals surface area contributed by atoms with E-state index in [4.69, 9.17) is 19.3 Å². The Labute approximate surface area is 234 Å². The van der Waals surface area contributed by atoms with E-state index in [1.165, 1.54) is 32.7 Å². The SMILES string of the molecule is CCC1=C2C(=Cc3ccccc3C1)Cn1c2cc2c(c1=O)COC(=O)[C@@]2(CC)OC(=O)OCCSSCCO. The van der Waals surface area contributed by atoms with E-state index in [0.29, 0.717) is 29.2 Å². The summed E-state index contributed by atoms with van der Waals surface area (Å²) in [7, 11) is 2.93. The number of hydrogen-bond acceptors (Lipinski definition) is 9. The third kappa shape index (κ3) is 5.05. The van der Waals surface area contributed by atoms with Crippen molar-refractivity contribution in [1.82, 2.24) is 4.57 Å². The fourth-order valence-electron chi connectivity index (χ4n) is 5.49. The van der Waals surface area contributed by atoms with Gasteiger partial charge in [-0.1, -0.05) is 65.3 Å². The summed E-state index contributed by atoms with van der Waals surface area (Å²) in [6.07, 6.45) is 2.83. The summed E-state index contributed by atoms with van der Waals surface area (Å²) in [5.41, 5.74) is 5.08. The van der Waals surface area contributed by atoms with Gasteiger partial charge in [-0.2, -0.15) is 0 Å². The molecule has 0 bridgehead atoms. The Morgan fingerprint density at radius 1 is 1.18 bits per heavy atom. The molecule has 3 heterocycles. The van der Waals surface area contributed by atoms with Crippen molar-refractivity contribution in [3.8, 4) is 0 Å². The maximum absolute atomic E-state index is 13.8. The normalized spacial score (nSPS) is 19.3. The van der Waals surface area contributed by atoms with E-state index in [1.54, 1.807) is 11.5 Å². The number of fused-ring (bicyclic) bond motifs is 5. The number of rotatable bonds is 9. The first-order valence-corrected chi connectivity index (χ1v) is 15.6. The van der Waals surface area contributed by atoms with Gasteiger partial charge in [-0.05, 0) is 48.1 Å². The molecule has 1 atom stereocenters. The molecule has 0 saturated heterocycles. The molecule has 39 heavy (non-hydrogen) atoms. The van der Waals surface area contributed by atoms with Crippen LogP contribution in [0.4, 0.5) is 4.79 Å². The summed E-state index contributed by atoms with van der Waals surface area (Å²) in [5.74, 6) is 0.370. The molecule has 5 rings (SSSR count). The summed E-state index contributed by atoms with van der Waals surface area (Å²) < 4.78 is 18.1. The van der Waals surface area contributed by atoms with E-state index < -0.39 is 17.7 Å². The fraction of sp³-hybridized carbons (Fsp3) is 0.414. The molecule has 0 fully saturated rings. The summed E-state index contributed by atoms with van der Waals surface area (Å²) in [6.45, 7) is 4.24. The van der Waals surface area contributed by atoms with Crippen molar-refractivity contribution in [3.05, 3.63) is 79.8 Å². The first kappa shape index (κ1) is 27.6. The van der Waals surface area contributed by atoms with Crippen molar-refractivity contribution >= 4 is 45.4 Å². The van der Waals surface area contributed by atoms with Crippen molar-refractivity contribution < 1.29 is 28.9 Å². The van der Waals surface area contributed by atoms with E-state index in [2.05, 4.69) is 25.1 Å². The molecule has 3 aliphatic rings. The number of pyridine rings is 1. The zero-order valence-corrected chi connectivity index (χ0v) is 23.6. The van der Waals surface area contributed by atoms with E-state index in [0.717, 1.165) is 35.2 Å². The highest BCUT2D eigenvalue weighted by atomic mass is 33.1. The van der Waals surface area contributed by atoms with Gasteiger partial charge in [0.1, 0.15) is 13.2 Å². The van der Waals surface area contributed by atoms with Gasteiger partial charge in [0.25, 0.3) is 5.56 Å². The van der Waals surface area contributed by atoms with Gasteiger partial charge in [0.15, 0.2) is 0 Å². The molecule has 1 aromatic heterocycles. The molecule has 0 amide bonds. The highest BCUT2D eigenvalue weighted by Gasteiger charge is 2.51. The predicted octanol–water partition coefficient (Wildman–Crippen LogP) is 4.85. The zero-order chi connectivity index (χ0) is 27.6. The average Bonchev–Trinajstić information content (AvgIpc) is 3.21. The minimum atomic E-state index is -1.77. The van der Waals surface area contributed by atoms with Gasteiger partial charge in [-0.25, -0.2) is 9.59 Å². The zero-order valence-electron chi connectivity index (χ0n) is 22.0. The molecule has 1 aromatic carbocycles. The minimum Gasteiger partial charge on any atom is -0.457 e. The molecule has 0 saturated carbocycles. The molecule has 10 heteroatoms. The Morgan fingerprint density at radius 2 is 1.97 bits per heavy atom. The maximum Gasteiger partial charge on any atom is 0.509 e. The standard InChI is InChI=1S/C29H31NO7S2/c1-3-18-13-19-7-5-6-8-20(19)14-21-16-30-24(25(18)21)15-23-22(26(30)32)17-36-27(33)29(23,4-2)37-28(34)35-10-12-39-38-11-9-31/h5-8,14-15,31H,3-4,9-13,16-17H2,1-2H3/t29-/m0/s1. The highest BCUT2D eigenvalue weighted by Crippen LogP contribution is 2.44. The van der Waals surface area contributed by atoms with Gasteiger partial charge in [0, 0.05) is 22.6 Å². The lowest BCUT2D eigenvalue weighted by Crippen LogP contribution is -2.47. The minimum absolute atomic E-state index is 0.0751. The van der Waals surface area contributed by atoms with Gasteiger partial charge < -0.3 is 23.9 Å². The number of benzene rings is 1. The second-order valence-corrected chi connectivity index (χ2v) is 12.2. The third-order valence-electron chi connectivity index (χ3n) is 7.39. The van der Waals surface area contributed by atoms with E-state index >= 15 is 0 Å². The van der Waals surface area contributed by atoms with Crippen LogP contribution in [0.5, 0.6) is 0 Å². The summed E-state index contributed by atoms with van der Waals surface area (Å²) in [6, 6.07) is 10.1. The lowest BCUT2D eigenvalue weighted by molar-refractivity contribution is -0.175. The van der Waals surface area contributed by atoms with E-state index in [-0.39, 0.29) is 31.8 Å². The summed E-state index contributed by atoms with van der Waals surface area (Å²) >= 11 is 0. The molecular formula is C29H31NO7S2. The predicted molar refractivity (Wildman–Crippen MR) is 152 cm³/mol. The lowest BCUT2D eigenvalue weighted by atomic mass is 9.84. The summed E-state index contributed by atoms with van der Waals surface area (Å²) in [5, 5.41) is 8.87. The fourth-order valence-corrected chi connectivity index (χ4v) is 7.09. The molecule has 0 unspecified atom stereocenters. The van der Waals surface area contributed by atoms with Gasteiger partial charge in [0.05, 0.1) is 24.4 Å². The van der Waals surface area contributed by atoms with Crippen LogP contribution >= 0.6 is 21.6 Å². The Bertz CT molecular complexity index is 1430. The second kappa shape index (κ2) is 11.7. The van der Waals surface area contributed by atoms with Crippen LogP contribution in [0.2, 0.25) is 0 Å². The number of carbonyl (C=O) groups excluding carboxylic acids is 2. The molecule has 8 nitrogen and oxygen atoms in total. The number of carbonyl (C=O) groups is 2. The molecule has 2 aromatic rings. The van der Waals surface area contributed by atoms with Crippen LogP contribution in [0.25, 0.3) is 11.6 Å². The van der Waals surface area contributed by atoms with Crippen molar-refractivity contribution in [2.24, 2.45) is 0 Å². The van der Waals surface area contributed by atoms with E-state index in [1.807, 2.05) is 18.2 Å². The molecule has 2 aliphatic heterocycles. The van der Waals surface area contributed by atoms with Gasteiger partial charge >= 0.3 is 12.1 Å². The number of ether oxygens (including phenoxy) is 3. The highest BCUT2D eigenvalue weighted by molar-refractivity contribution is 8.76. The Balaban J connectivity index is 1.52. The Kier molecular flexibility index (Phi) is 8.25. The average molecular weight is 570 g/mol. The molecular weight excluding hydrogens is 538 g/mol. The molecule has 0 spiro atoms. The van der Waals surface area contributed by atoms with Crippen LogP contribution in [0.1, 0.15) is 54.6 Å². The number of hydrogen-bond donors (Lipinski definition) is 1. The topological polar surface area (TPSA) is 104 Å². The Morgan fingerprint density at radius 3 is 2.74 bits per heavy atom. The number of nitrogens with zero attached hydrogens (tertiary/aromatic N) is 1. The Hall–Kier alpha value is -2.95. The van der Waals surface area contributed by atoms with Crippen LogP contribution in [0.15, 0.2) is 46.3 Å². The number of aliphatic hydroxyl groups excluding tert-OH is 1. The van der Waals surface area contributed by atoms with Crippen molar-refractivity contribution in [2.75, 3.05) is 24.7 Å². The van der Waals surface area contributed by atoms with Crippen LogP contribution in [0, 0.1) is 0 Å². The number of esters is 1. The first-order chi connectivity index (χ1) is 18.9. The van der Waals surface area contributed by atoms with Crippen LogP contribution < -0.4 is 5.56 Å². The maximum atomic E-state index is 13.8. The van der Waals surface area contributed by atoms with Gasteiger partial charge in [-0.15, -0.1) is 0 Å². The van der Waals surface area contributed by atoms with Gasteiger partial charge in [-0.3, -0.25) is 4.79 Å². The van der Waals surface area contributed by atoms with Crippen molar-refractivity contribution in [1.29, 1.82) is 0 Å². The number of allylic oxidation sites excluding steroid dienone is 3. The number of cyclic esters (lactones) is 1. The summed E-state index contributed by atoms with van der Waals surface area (Å²) in [4.78, 5) is 39.7. The van der Waals surface area contributed by atoms with Crippen molar-refractivity contribution in [3.63, 3.8) is 0 Å². The largest absolute Gasteiger partial charge is 0.509 e. The molecule has 1 aliphatic carbocycles. The van der Waals surface area contributed by atoms with Crippen LogP contribution in [0.3, 0.4) is 0 Å². The van der Waals surface area contributed by atoms with Crippen LogP contribution in [-0.4, -0.2) is 46.5 Å². The van der Waals surface area contributed by atoms with Crippen molar-refractivity contribution in [2.45, 2.75) is 51.9 Å². The second-order valence-electron chi connectivity index (χ2n) is 9.52. The van der Waals surface area contributed by atoms with E-state index in [9.17, 15) is 14.4 Å². The molecule has 1 N–H and O–H groups in total. The number of aromatic nitrogens is 1. The molecule has 206 valence electrons.